The first-order valence-electron chi connectivity index (χ1n) is 8.50. The van der Waals surface area contributed by atoms with E-state index in [1.165, 1.54) is 0 Å². The number of fused-ring (bicyclic) bond motifs is 1. The van der Waals surface area contributed by atoms with Crippen molar-refractivity contribution in [3.8, 4) is 0 Å². The molecule has 0 saturated heterocycles. The lowest BCUT2D eigenvalue weighted by Gasteiger charge is -2.35. The van der Waals surface area contributed by atoms with Crippen LogP contribution >= 0.6 is 0 Å². The Bertz CT molecular complexity index is 715. The SMILES string of the molecule is C[Si]OC(O[Si]C)C(C)(C)CC(O)c1cccc2cc(C)c(C)nc12. The molecule has 0 amide bonds. The van der Waals surface area contributed by atoms with Crippen molar-refractivity contribution in [2.24, 2.45) is 5.41 Å². The highest BCUT2D eigenvalue weighted by atomic mass is 28.2. The summed E-state index contributed by atoms with van der Waals surface area (Å²) in [6.45, 7) is 12.2. The number of hydrogen-bond donors (Lipinski definition) is 1. The summed E-state index contributed by atoms with van der Waals surface area (Å²) >= 11 is 0. The predicted molar refractivity (Wildman–Crippen MR) is 104 cm³/mol. The molecule has 0 fully saturated rings. The Labute approximate surface area is 155 Å². The fourth-order valence-electron chi connectivity index (χ4n) is 2.95. The Morgan fingerprint density at radius 2 is 1.80 bits per heavy atom. The van der Waals surface area contributed by atoms with E-state index in [2.05, 4.69) is 26.8 Å². The van der Waals surface area contributed by atoms with Crippen LogP contribution in [-0.2, 0) is 8.85 Å². The fraction of sp³-hybridized carbons (Fsp3) is 0.526. The van der Waals surface area contributed by atoms with Gasteiger partial charge >= 0.3 is 0 Å². The number of nitrogens with zero attached hydrogens (tertiary/aromatic N) is 1. The number of aromatic nitrogens is 1. The molecule has 0 aliphatic carbocycles. The minimum atomic E-state index is -0.622. The highest BCUT2D eigenvalue weighted by Gasteiger charge is 2.33. The lowest BCUT2D eigenvalue weighted by atomic mass is 9.83. The first-order chi connectivity index (χ1) is 11.8. The van der Waals surface area contributed by atoms with Crippen LogP contribution in [0.3, 0.4) is 0 Å². The van der Waals surface area contributed by atoms with E-state index in [0.717, 1.165) is 27.7 Å². The smallest absolute Gasteiger partial charge is 0.229 e. The highest BCUT2D eigenvalue weighted by Crippen LogP contribution is 2.36. The molecule has 4 nitrogen and oxygen atoms in total. The Balaban J connectivity index is 2.32. The molecule has 0 aliphatic heterocycles. The van der Waals surface area contributed by atoms with Gasteiger partial charge in [-0.05, 0) is 45.0 Å². The Morgan fingerprint density at radius 3 is 2.40 bits per heavy atom. The number of benzene rings is 1. The number of para-hydroxylation sites is 1. The van der Waals surface area contributed by atoms with E-state index >= 15 is 0 Å². The summed E-state index contributed by atoms with van der Waals surface area (Å²) in [7, 11) is 0.703. The zero-order chi connectivity index (χ0) is 18.6. The van der Waals surface area contributed by atoms with Crippen molar-refractivity contribution in [1.82, 2.24) is 4.98 Å². The number of aliphatic hydroxyl groups is 1. The van der Waals surface area contributed by atoms with Crippen molar-refractivity contribution in [3.63, 3.8) is 0 Å². The van der Waals surface area contributed by atoms with Crippen LogP contribution in [0.4, 0.5) is 0 Å². The summed E-state index contributed by atoms with van der Waals surface area (Å²) in [6.07, 6.45) is -0.399. The van der Waals surface area contributed by atoms with E-state index in [1.54, 1.807) is 0 Å². The lowest BCUT2D eigenvalue weighted by molar-refractivity contribution is -0.0954. The van der Waals surface area contributed by atoms with Gasteiger partial charge in [0, 0.05) is 22.1 Å². The Morgan fingerprint density at radius 1 is 1.16 bits per heavy atom. The van der Waals surface area contributed by atoms with Crippen LogP contribution in [0.25, 0.3) is 10.9 Å². The minimum Gasteiger partial charge on any atom is -0.394 e. The molecule has 1 N–H and O–H groups in total. The van der Waals surface area contributed by atoms with E-state index in [1.807, 2.05) is 38.2 Å². The summed E-state index contributed by atoms with van der Waals surface area (Å²) < 4.78 is 11.6. The normalized spacial score (nSPS) is 13.6. The van der Waals surface area contributed by atoms with Gasteiger partial charge in [0.1, 0.15) is 6.29 Å². The van der Waals surface area contributed by atoms with Crippen molar-refractivity contribution >= 4 is 30.4 Å². The average Bonchev–Trinajstić information content (AvgIpc) is 2.54. The molecule has 1 heterocycles. The maximum absolute atomic E-state index is 11.0. The van der Waals surface area contributed by atoms with Gasteiger partial charge in [-0.3, -0.25) is 4.98 Å². The third kappa shape index (κ3) is 4.77. The van der Waals surface area contributed by atoms with Gasteiger partial charge in [-0.1, -0.05) is 32.0 Å². The molecule has 1 aromatic heterocycles. The molecule has 6 heteroatoms. The summed E-state index contributed by atoms with van der Waals surface area (Å²) in [4.78, 5) is 4.72. The topological polar surface area (TPSA) is 51.6 Å². The number of rotatable bonds is 8. The maximum atomic E-state index is 11.0. The molecule has 1 aromatic carbocycles. The average molecular weight is 374 g/mol. The van der Waals surface area contributed by atoms with Crippen molar-refractivity contribution in [2.45, 2.75) is 59.6 Å². The van der Waals surface area contributed by atoms with Gasteiger partial charge in [0.25, 0.3) is 0 Å². The van der Waals surface area contributed by atoms with Crippen molar-refractivity contribution in [2.75, 3.05) is 0 Å². The molecular formula is C19H27NO3Si2. The second kappa shape index (κ2) is 8.55. The highest BCUT2D eigenvalue weighted by molar-refractivity contribution is 6.26. The first kappa shape index (κ1) is 20.3. The van der Waals surface area contributed by atoms with Gasteiger partial charge in [0.15, 0.2) is 0 Å². The van der Waals surface area contributed by atoms with Crippen LogP contribution in [0.15, 0.2) is 24.3 Å². The third-order valence-electron chi connectivity index (χ3n) is 4.49. The van der Waals surface area contributed by atoms with Crippen LogP contribution in [-0.4, -0.2) is 35.9 Å². The lowest BCUT2D eigenvalue weighted by Crippen LogP contribution is -2.37. The minimum absolute atomic E-state index is 0.312. The van der Waals surface area contributed by atoms with Crippen LogP contribution in [0, 0.1) is 19.3 Å². The first-order valence-corrected chi connectivity index (χ1v) is 11.3. The van der Waals surface area contributed by atoms with Crippen molar-refractivity contribution in [1.29, 1.82) is 0 Å². The zero-order valence-corrected chi connectivity index (χ0v) is 17.9. The number of aryl methyl sites for hydroxylation is 2. The summed E-state index contributed by atoms with van der Waals surface area (Å²) in [5.74, 6) is 0. The van der Waals surface area contributed by atoms with E-state index in [-0.39, 0.29) is 11.7 Å². The maximum Gasteiger partial charge on any atom is 0.229 e. The van der Waals surface area contributed by atoms with Gasteiger partial charge in [-0.2, -0.15) is 0 Å². The number of aliphatic hydroxyl groups excluding tert-OH is 1. The molecule has 1 atom stereocenters. The molecule has 134 valence electrons. The van der Waals surface area contributed by atoms with Gasteiger partial charge < -0.3 is 14.0 Å². The zero-order valence-electron chi connectivity index (χ0n) is 15.9. The predicted octanol–water partition coefficient (Wildman–Crippen LogP) is 4.00. The van der Waals surface area contributed by atoms with Crippen LogP contribution in [0.5, 0.6) is 0 Å². The summed E-state index contributed by atoms with van der Waals surface area (Å²) in [5, 5.41) is 12.0. The van der Waals surface area contributed by atoms with Crippen LogP contribution in [0.1, 0.15) is 43.2 Å². The van der Waals surface area contributed by atoms with E-state index in [9.17, 15) is 5.11 Å². The molecule has 0 spiro atoms. The number of hydrogen-bond acceptors (Lipinski definition) is 4. The molecule has 2 aromatic rings. The largest absolute Gasteiger partial charge is 0.394 e. The Kier molecular flexibility index (Phi) is 6.93. The van der Waals surface area contributed by atoms with Gasteiger partial charge in [-0.15, -0.1) is 0 Å². The molecule has 0 saturated carbocycles. The molecule has 25 heavy (non-hydrogen) atoms. The summed E-state index contributed by atoms with van der Waals surface area (Å²) in [5.41, 5.74) is 3.59. The van der Waals surface area contributed by atoms with Crippen LogP contribution in [0.2, 0.25) is 13.1 Å². The molecule has 0 bridgehead atoms. The van der Waals surface area contributed by atoms with E-state index in [4.69, 9.17) is 13.8 Å². The number of pyridine rings is 1. The molecule has 1 unspecified atom stereocenters. The van der Waals surface area contributed by atoms with Gasteiger partial charge in [-0.25, -0.2) is 0 Å². The molecule has 2 rings (SSSR count). The second-order valence-electron chi connectivity index (χ2n) is 6.99. The molecule has 0 aliphatic rings. The van der Waals surface area contributed by atoms with E-state index in [0.29, 0.717) is 25.9 Å². The Hall–Kier alpha value is -1.06. The quantitative estimate of drug-likeness (QED) is 0.561. The van der Waals surface area contributed by atoms with Crippen molar-refractivity contribution < 1.29 is 14.0 Å². The standard InChI is InChI=1S/C19H27NO3Si2/c1-12-10-14-8-7-9-15(17(14)20-13(12)2)16(21)11-19(3,4)18(22-24-5)23-25-6/h7-10,16,18,21H,11H2,1-6H3. The second-order valence-corrected chi connectivity index (χ2v) is 8.28. The van der Waals surface area contributed by atoms with Crippen LogP contribution < -0.4 is 0 Å². The fourth-order valence-corrected chi connectivity index (χ4v) is 4.21. The monoisotopic (exact) mass is 373 g/mol. The summed E-state index contributed by atoms with van der Waals surface area (Å²) in [6, 6.07) is 8.12. The van der Waals surface area contributed by atoms with Crippen molar-refractivity contribution in [3.05, 3.63) is 41.1 Å². The third-order valence-corrected chi connectivity index (χ3v) is 5.39. The molecular weight excluding hydrogens is 346 g/mol. The molecule has 4 radical (unpaired) electrons. The van der Waals surface area contributed by atoms with E-state index < -0.39 is 6.10 Å². The van der Waals surface area contributed by atoms with Gasteiger partial charge in [0.05, 0.1) is 11.6 Å². The van der Waals surface area contributed by atoms with Gasteiger partial charge in [0.2, 0.25) is 19.5 Å².